The third kappa shape index (κ3) is 7.48. The van der Waals surface area contributed by atoms with Gasteiger partial charge in [0.1, 0.15) is 5.75 Å². The van der Waals surface area contributed by atoms with Crippen LogP contribution in [-0.2, 0) is 0 Å². The zero-order valence-corrected chi connectivity index (χ0v) is 15.5. The average Bonchev–Trinajstić information content (AvgIpc) is 2.42. The van der Waals surface area contributed by atoms with Crippen LogP contribution in [0.3, 0.4) is 0 Å². The normalized spacial score (nSPS) is 12.1. The molecule has 0 aromatic heterocycles. The lowest BCUT2D eigenvalue weighted by atomic mass is 10.2. The molecule has 1 unspecified atom stereocenters. The number of hydrogen-bond acceptors (Lipinski definition) is 2. The molecule has 0 N–H and O–H groups in total. The van der Waals surface area contributed by atoms with Crippen LogP contribution < -0.4 is 28.7 Å². The Kier molecular flexibility index (Phi) is 11.2. The van der Waals surface area contributed by atoms with Crippen molar-refractivity contribution in [3.8, 4) is 5.75 Å². The zero-order chi connectivity index (χ0) is 14.1. The number of halogens is 1. The van der Waals surface area contributed by atoms with Crippen LogP contribution in [0.15, 0.2) is 24.3 Å². The molecule has 0 heterocycles. The predicted molar refractivity (Wildman–Crippen MR) is 82.9 cm³/mol. The van der Waals surface area contributed by atoms with Crippen molar-refractivity contribution in [1.82, 2.24) is 4.90 Å². The van der Waals surface area contributed by atoms with E-state index >= 15 is 0 Å². The smallest absolute Gasteiger partial charge is 0.119 e. The Morgan fingerprint density at radius 1 is 1.20 bits per heavy atom. The van der Waals surface area contributed by atoms with Crippen molar-refractivity contribution < 1.29 is 28.7 Å². The van der Waals surface area contributed by atoms with Gasteiger partial charge >= 0.3 is 0 Å². The van der Waals surface area contributed by atoms with Crippen molar-refractivity contribution in [3.63, 3.8) is 0 Å². The molecule has 0 radical (unpaired) electrons. The van der Waals surface area contributed by atoms with Crippen molar-refractivity contribution in [3.05, 3.63) is 29.8 Å². The van der Waals surface area contributed by atoms with Crippen LogP contribution in [0.2, 0.25) is 0 Å². The van der Waals surface area contributed by atoms with E-state index < -0.39 is 0 Å². The molecule has 1 aromatic rings. The Labute approximate surface area is 141 Å². The molecule has 20 heavy (non-hydrogen) atoms. The van der Waals surface area contributed by atoms with Gasteiger partial charge in [-0.15, -0.1) is 0 Å². The van der Waals surface area contributed by atoms with Gasteiger partial charge in [0.15, 0.2) is 0 Å². The van der Waals surface area contributed by atoms with Crippen LogP contribution in [0.5, 0.6) is 5.75 Å². The minimum Gasteiger partial charge on any atom is -1.00 e. The maximum atomic E-state index is 5.77. The minimum atomic E-state index is 0. The molecular formula is C17H29INO-. The van der Waals surface area contributed by atoms with E-state index in [1.54, 1.807) is 0 Å². The highest BCUT2D eigenvalue weighted by Crippen LogP contribution is 2.13. The van der Waals surface area contributed by atoms with Crippen LogP contribution in [-0.4, -0.2) is 30.6 Å². The van der Waals surface area contributed by atoms with Gasteiger partial charge in [0.25, 0.3) is 0 Å². The van der Waals surface area contributed by atoms with Crippen LogP contribution >= 0.6 is 0 Å². The van der Waals surface area contributed by atoms with Gasteiger partial charge in [-0.2, -0.15) is 0 Å². The summed E-state index contributed by atoms with van der Waals surface area (Å²) in [6, 6.07) is 8.97. The topological polar surface area (TPSA) is 12.5 Å². The van der Waals surface area contributed by atoms with Gasteiger partial charge in [-0.1, -0.05) is 26.0 Å². The summed E-state index contributed by atoms with van der Waals surface area (Å²) in [4.78, 5) is 2.55. The van der Waals surface area contributed by atoms with Crippen molar-refractivity contribution >= 4 is 0 Å². The molecule has 0 amide bonds. The minimum absolute atomic E-state index is 0. The molecule has 116 valence electrons. The van der Waals surface area contributed by atoms with Gasteiger partial charge in [0.05, 0.1) is 6.61 Å². The summed E-state index contributed by atoms with van der Waals surface area (Å²) in [6.45, 7) is 12.1. The Morgan fingerprint density at radius 2 is 1.95 bits per heavy atom. The number of benzene rings is 1. The molecule has 1 atom stereocenters. The maximum absolute atomic E-state index is 5.77. The molecule has 0 spiro atoms. The Balaban J connectivity index is 0.00000361. The molecule has 0 saturated carbocycles. The maximum Gasteiger partial charge on any atom is 0.119 e. The summed E-state index contributed by atoms with van der Waals surface area (Å²) in [5.74, 6) is 0.995. The largest absolute Gasteiger partial charge is 1.00 e. The second-order valence-corrected chi connectivity index (χ2v) is 5.26. The molecule has 1 aromatic carbocycles. The molecule has 0 aliphatic heterocycles. The molecule has 0 fully saturated rings. The van der Waals surface area contributed by atoms with Gasteiger partial charge < -0.3 is 33.6 Å². The number of hydrogen-bond donors (Lipinski definition) is 0. The van der Waals surface area contributed by atoms with Crippen LogP contribution in [0.1, 0.15) is 45.6 Å². The Hall–Kier alpha value is -0.290. The quantitative estimate of drug-likeness (QED) is 0.465. The lowest BCUT2D eigenvalue weighted by Gasteiger charge is -2.26. The molecule has 3 heteroatoms. The fraction of sp³-hybridized carbons (Fsp3) is 0.647. The van der Waals surface area contributed by atoms with Crippen molar-refractivity contribution in [2.45, 2.75) is 53.0 Å². The molecule has 0 aliphatic rings. The second-order valence-electron chi connectivity index (χ2n) is 5.26. The number of ether oxygens (including phenoxy) is 1. The first kappa shape index (κ1) is 19.7. The van der Waals surface area contributed by atoms with E-state index in [0.29, 0.717) is 6.04 Å². The highest BCUT2D eigenvalue weighted by Gasteiger charge is 2.08. The number of nitrogens with zero attached hydrogens (tertiary/aromatic N) is 1. The van der Waals surface area contributed by atoms with Gasteiger partial charge in [-0.3, -0.25) is 0 Å². The number of unbranched alkanes of at least 4 members (excludes halogenated alkanes) is 1. The second kappa shape index (κ2) is 11.4. The van der Waals surface area contributed by atoms with E-state index in [9.17, 15) is 0 Å². The predicted octanol–water partition coefficient (Wildman–Crippen LogP) is 1.28. The third-order valence-corrected chi connectivity index (χ3v) is 3.72. The molecule has 0 aliphatic carbocycles. The van der Waals surface area contributed by atoms with E-state index in [1.165, 1.54) is 24.9 Å². The van der Waals surface area contributed by atoms with E-state index in [2.05, 4.69) is 44.7 Å². The fourth-order valence-electron chi connectivity index (χ4n) is 2.26. The number of aryl methyl sites for hydroxylation is 1. The Morgan fingerprint density at radius 3 is 2.55 bits per heavy atom. The Bertz CT molecular complexity index is 357. The summed E-state index contributed by atoms with van der Waals surface area (Å²) >= 11 is 0. The van der Waals surface area contributed by atoms with Crippen LogP contribution in [0.25, 0.3) is 0 Å². The summed E-state index contributed by atoms with van der Waals surface area (Å²) in [5, 5.41) is 0. The molecule has 2 nitrogen and oxygen atoms in total. The van der Waals surface area contributed by atoms with Gasteiger partial charge in [0, 0.05) is 6.04 Å². The van der Waals surface area contributed by atoms with Gasteiger partial charge in [0.2, 0.25) is 0 Å². The first-order valence-corrected chi connectivity index (χ1v) is 7.60. The van der Waals surface area contributed by atoms with E-state index in [1.807, 2.05) is 12.1 Å². The summed E-state index contributed by atoms with van der Waals surface area (Å²) in [7, 11) is 0. The van der Waals surface area contributed by atoms with Crippen molar-refractivity contribution in [1.29, 1.82) is 0 Å². The summed E-state index contributed by atoms with van der Waals surface area (Å²) in [5.41, 5.74) is 1.26. The van der Waals surface area contributed by atoms with Crippen LogP contribution in [0, 0.1) is 6.92 Å². The van der Waals surface area contributed by atoms with Crippen LogP contribution in [0.4, 0.5) is 0 Å². The van der Waals surface area contributed by atoms with Gasteiger partial charge in [-0.05, 0) is 63.9 Å². The lowest BCUT2D eigenvalue weighted by molar-refractivity contribution is -0.00000483. The van der Waals surface area contributed by atoms with Crippen molar-refractivity contribution in [2.75, 3.05) is 19.7 Å². The van der Waals surface area contributed by atoms with E-state index in [0.717, 1.165) is 25.3 Å². The average molecular weight is 390 g/mol. The lowest BCUT2D eigenvalue weighted by Crippen LogP contribution is -3.00. The van der Waals surface area contributed by atoms with E-state index in [-0.39, 0.29) is 24.0 Å². The standard InChI is InChI=1S/C17H29NO.HI/c1-5-16(4)18(6-2)12-7-8-13-19-17-11-9-10-15(3)14-17;/h9-11,14,16H,5-8,12-13H2,1-4H3;1H/p-1. The van der Waals surface area contributed by atoms with E-state index in [4.69, 9.17) is 4.74 Å². The zero-order valence-electron chi connectivity index (χ0n) is 13.4. The number of rotatable bonds is 9. The fourth-order valence-corrected chi connectivity index (χ4v) is 2.26. The van der Waals surface area contributed by atoms with Gasteiger partial charge in [-0.25, -0.2) is 0 Å². The summed E-state index contributed by atoms with van der Waals surface area (Å²) < 4.78 is 5.77. The SMILES string of the molecule is CCC(C)N(CC)CCCCOc1cccc(C)c1.[I-]. The molecule has 0 bridgehead atoms. The molecule has 0 saturated heterocycles. The highest BCUT2D eigenvalue weighted by atomic mass is 127. The first-order valence-electron chi connectivity index (χ1n) is 7.60. The molecular weight excluding hydrogens is 361 g/mol. The first-order chi connectivity index (χ1) is 9.17. The van der Waals surface area contributed by atoms with Crippen molar-refractivity contribution in [2.24, 2.45) is 0 Å². The third-order valence-electron chi connectivity index (χ3n) is 3.72. The monoisotopic (exact) mass is 390 g/mol. The highest BCUT2D eigenvalue weighted by molar-refractivity contribution is 5.27. The summed E-state index contributed by atoms with van der Waals surface area (Å²) in [6.07, 6.45) is 3.57. The molecule has 1 rings (SSSR count).